The summed E-state index contributed by atoms with van der Waals surface area (Å²) in [5.41, 5.74) is 2.96. The maximum atomic E-state index is 12.7. The lowest BCUT2D eigenvalue weighted by atomic mass is 10.2. The van der Waals surface area contributed by atoms with Gasteiger partial charge in [0.05, 0.1) is 16.8 Å². The van der Waals surface area contributed by atoms with Gasteiger partial charge in [0.2, 0.25) is 5.91 Å². The van der Waals surface area contributed by atoms with E-state index in [1.165, 1.54) is 11.8 Å². The summed E-state index contributed by atoms with van der Waals surface area (Å²) in [6.45, 7) is 3.04. The number of anilines is 1. The van der Waals surface area contributed by atoms with E-state index < -0.39 is 0 Å². The van der Waals surface area contributed by atoms with Crippen molar-refractivity contribution in [2.75, 3.05) is 36.8 Å². The highest BCUT2D eigenvalue weighted by Crippen LogP contribution is 2.26. The van der Waals surface area contributed by atoms with Gasteiger partial charge in [-0.2, -0.15) is 0 Å². The Morgan fingerprint density at radius 3 is 2.57 bits per heavy atom. The molecule has 1 aliphatic heterocycles. The van der Waals surface area contributed by atoms with E-state index in [1.54, 1.807) is 0 Å². The lowest BCUT2D eigenvalue weighted by Crippen LogP contribution is -2.49. The molecule has 1 saturated heterocycles. The van der Waals surface area contributed by atoms with E-state index in [4.69, 9.17) is 23.2 Å². The molecule has 2 aromatic carbocycles. The highest BCUT2D eigenvalue weighted by atomic mass is 35.5. The van der Waals surface area contributed by atoms with Gasteiger partial charge >= 0.3 is 0 Å². The molecule has 3 aromatic rings. The molecule has 8 heteroatoms. The molecule has 0 atom stereocenters. The fourth-order valence-corrected chi connectivity index (χ4v) is 4.63. The van der Waals surface area contributed by atoms with E-state index in [9.17, 15) is 4.79 Å². The van der Waals surface area contributed by atoms with Crippen LogP contribution in [-0.4, -0.2) is 52.3 Å². The first-order valence-corrected chi connectivity index (χ1v) is 10.8. The fourth-order valence-electron chi connectivity index (χ4n) is 3.38. The number of benzene rings is 2. The van der Waals surface area contributed by atoms with Crippen molar-refractivity contribution >= 4 is 57.6 Å². The molecule has 1 aliphatic rings. The summed E-state index contributed by atoms with van der Waals surface area (Å²) in [5, 5.41) is 2.22. The maximum Gasteiger partial charge on any atom is 0.233 e. The first-order valence-electron chi connectivity index (χ1n) is 9.04. The van der Waals surface area contributed by atoms with Crippen LogP contribution in [0.2, 0.25) is 10.0 Å². The minimum absolute atomic E-state index is 0.140. The molecule has 1 amide bonds. The first kappa shape index (κ1) is 19.4. The molecule has 0 spiro atoms. The van der Waals surface area contributed by atoms with E-state index in [2.05, 4.69) is 16.0 Å². The van der Waals surface area contributed by atoms with Gasteiger partial charge in [0, 0.05) is 49.0 Å². The Labute approximate surface area is 178 Å². The zero-order chi connectivity index (χ0) is 19.7. The lowest BCUT2D eigenvalue weighted by molar-refractivity contribution is -0.128. The first-order chi connectivity index (χ1) is 13.5. The lowest BCUT2D eigenvalue weighted by Gasteiger charge is -2.36. The number of fused-ring (bicyclic) bond motifs is 1. The van der Waals surface area contributed by atoms with E-state index in [1.807, 2.05) is 52.9 Å². The second kappa shape index (κ2) is 8.23. The van der Waals surface area contributed by atoms with Gasteiger partial charge in [-0.1, -0.05) is 41.0 Å². The molecular weight excluding hydrogens is 415 g/mol. The molecular formula is C20H20Cl2N4OS. The molecule has 28 heavy (non-hydrogen) atoms. The molecule has 1 aromatic heterocycles. The summed E-state index contributed by atoms with van der Waals surface area (Å²) in [6, 6.07) is 13.5. The average molecular weight is 435 g/mol. The van der Waals surface area contributed by atoms with Crippen LogP contribution in [0, 0.1) is 0 Å². The van der Waals surface area contributed by atoms with Gasteiger partial charge in [-0.15, -0.1) is 0 Å². The van der Waals surface area contributed by atoms with Gasteiger partial charge in [-0.05, 0) is 36.4 Å². The zero-order valence-corrected chi connectivity index (χ0v) is 17.8. The second-order valence-electron chi connectivity index (χ2n) is 6.72. The summed E-state index contributed by atoms with van der Waals surface area (Å²) in [5.74, 6) is 0.517. The Kier molecular flexibility index (Phi) is 5.71. The third-order valence-corrected chi connectivity index (χ3v) is 6.42. The number of aromatic nitrogens is 2. The fraction of sp³-hybridized carbons (Fsp3) is 0.300. The summed E-state index contributed by atoms with van der Waals surface area (Å²) in [6.07, 6.45) is 0. The Morgan fingerprint density at radius 2 is 1.82 bits per heavy atom. The summed E-state index contributed by atoms with van der Waals surface area (Å²) >= 11 is 13.6. The number of hydrogen-bond acceptors (Lipinski definition) is 4. The number of imidazole rings is 1. The zero-order valence-electron chi connectivity index (χ0n) is 15.4. The molecule has 0 bridgehead atoms. The van der Waals surface area contributed by atoms with Crippen molar-refractivity contribution in [2.45, 2.75) is 5.16 Å². The predicted molar refractivity (Wildman–Crippen MR) is 117 cm³/mol. The van der Waals surface area contributed by atoms with Crippen LogP contribution in [0.3, 0.4) is 0 Å². The van der Waals surface area contributed by atoms with Crippen molar-refractivity contribution in [3.63, 3.8) is 0 Å². The highest BCUT2D eigenvalue weighted by Gasteiger charge is 2.22. The number of piperazine rings is 1. The molecule has 2 heterocycles. The van der Waals surface area contributed by atoms with Gasteiger partial charge < -0.3 is 14.4 Å². The van der Waals surface area contributed by atoms with Crippen LogP contribution in [-0.2, 0) is 11.8 Å². The van der Waals surface area contributed by atoms with Crippen LogP contribution in [0.25, 0.3) is 11.0 Å². The van der Waals surface area contributed by atoms with E-state index >= 15 is 0 Å². The molecule has 1 fully saturated rings. The molecule has 0 aliphatic carbocycles. The molecule has 0 saturated carbocycles. The van der Waals surface area contributed by atoms with Gasteiger partial charge in [0.25, 0.3) is 0 Å². The van der Waals surface area contributed by atoms with Gasteiger partial charge in [-0.25, -0.2) is 4.98 Å². The summed E-state index contributed by atoms with van der Waals surface area (Å²) in [4.78, 5) is 21.4. The predicted octanol–water partition coefficient (Wildman–Crippen LogP) is 4.32. The van der Waals surface area contributed by atoms with Crippen LogP contribution >= 0.6 is 35.0 Å². The Bertz CT molecular complexity index is 1010. The Hall–Kier alpha value is -1.89. The molecule has 0 N–H and O–H groups in total. The Balaban J connectivity index is 1.34. The number of rotatable bonds is 4. The molecule has 0 unspecified atom stereocenters. The molecule has 0 radical (unpaired) electrons. The van der Waals surface area contributed by atoms with Crippen molar-refractivity contribution in [1.29, 1.82) is 0 Å². The maximum absolute atomic E-state index is 12.7. The normalized spacial score (nSPS) is 14.7. The Morgan fingerprint density at radius 1 is 1.07 bits per heavy atom. The number of hydrogen-bond donors (Lipinski definition) is 0. The van der Waals surface area contributed by atoms with Crippen LogP contribution in [0.15, 0.2) is 47.6 Å². The van der Waals surface area contributed by atoms with E-state index in [-0.39, 0.29) is 5.91 Å². The molecule has 5 nitrogen and oxygen atoms in total. The minimum Gasteiger partial charge on any atom is -0.368 e. The highest BCUT2D eigenvalue weighted by molar-refractivity contribution is 7.99. The monoisotopic (exact) mass is 434 g/mol. The van der Waals surface area contributed by atoms with Crippen molar-refractivity contribution in [1.82, 2.24) is 14.5 Å². The van der Waals surface area contributed by atoms with Gasteiger partial charge in [0.1, 0.15) is 0 Å². The van der Waals surface area contributed by atoms with Crippen LogP contribution in [0.4, 0.5) is 5.69 Å². The average Bonchev–Trinajstić information content (AvgIpc) is 3.01. The number of nitrogens with zero attached hydrogens (tertiary/aromatic N) is 4. The smallest absolute Gasteiger partial charge is 0.233 e. The number of amides is 1. The van der Waals surface area contributed by atoms with E-state index in [0.29, 0.717) is 23.9 Å². The number of halogens is 2. The van der Waals surface area contributed by atoms with Crippen molar-refractivity contribution < 1.29 is 4.79 Å². The third kappa shape index (κ3) is 4.09. The second-order valence-corrected chi connectivity index (χ2v) is 8.54. The standard InChI is InChI=1S/C20H20Cl2N4OS/c1-24-18-6-5-15(22)12-17(18)23-20(24)28-13-19(27)26-9-7-25(8-10-26)16-4-2-3-14(21)11-16/h2-6,11-12H,7-10,13H2,1H3. The van der Waals surface area contributed by atoms with Crippen molar-refractivity contribution in [2.24, 2.45) is 7.05 Å². The quantitative estimate of drug-likeness (QED) is 0.573. The number of carbonyl (C=O) groups is 1. The van der Waals surface area contributed by atoms with Crippen LogP contribution < -0.4 is 4.90 Å². The number of aryl methyl sites for hydroxylation is 1. The molecule has 146 valence electrons. The molecule has 4 rings (SSSR count). The number of carbonyl (C=O) groups excluding carboxylic acids is 1. The van der Waals surface area contributed by atoms with Crippen LogP contribution in [0.5, 0.6) is 0 Å². The largest absolute Gasteiger partial charge is 0.368 e. The van der Waals surface area contributed by atoms with Crippen molar-refractivity contribution in [3.8, 4) is 0 Å². The minimum atomic E-state index is 0.140. The number of thioether (sulfide) groups is 1. The SMILES string of the molecule is Cn1c(SCC(=O)N2CCN(c3cccc(Cl)c3)CC2)nc2cc(Cl)ccc21. The van der Waals surface area contributed by atoms with Crippen LogP contribution in [0.1, 0.15) is 0 Å². The topological polar surface area (TPSA) is 41.4 Å². The summed E-state index contributed by atoms with van der Waals surface area (Å²) in [7, 11) is 1.96. The van der Waals surface area contributed by atoms with Gasteiger partial charge in [-0.3, -0.25) is 4.79 Å². The van der Waals surface area contributed by atoms with E-state index in [0.717, 1.165) is 40.0 Å². The summed E-state index contributed by atoms with van der Waals surface area (Å²) < 4.78 is 2.00. The van der Waals surface area contributed by atoms with Gasteiger partial charge in [0.15, 0.2) is 5.16 Å². The third-order valence-electron chi connectivity index (χ3n) is 4.93. The van der Waals surface area contributed by atoms with Crippen molar-refractivity contribution in [3.05, 3.63) is 52.5 Å².